The van der Waals surface area contributed by atoms with Crippen molar-refractivity contribution in [3.63, 3.8) is 0 Å². The molecule has 0 aliphatic heterocycles. The molecule has 27 heavy (non-hydrogen) atoms. The van der Waals surface area contributed by atoms with E-state index in [9.17, 15) is 9.59 Å². The summed E-state index contributed by atoms with van der Waals surface area (Å²) >= 11 is 11.8. The summed E-state index contributed by atoms with van der Waals surface area (Å²) in [6.07, 6.45) is 1.49. The summed E-state index contributed by atoms with van der Waals surface area (Å²) in [6.45, 7) is 4.54. The van der Waals surface area contributed by atoms with Crippen LogP contribution in [0.1, 0.15) is 24.2 Å². The number of halogens is 2. The third kappa shape index (κ3) is 6.96. The van der Waals surface area contributed by atoms with Crippen molar-refractivity contribution < 1.29 is 9.59 Å². The van der Waals surface area contributed by atoms with Crippen LogP contribution in [0.5, 0.6) is 0 Å². The normalized spacial score (nSPS) is 10.4. The van der Waals surface area contributed by atoms with Crippen molar-refractivity contribution >= 4 is 46.6 Å². The van der Waals surface area contributed by atoms with Gasteiger partial charge in [-0.25, -0.2) is 9.78 Å². The van der Waals surface area contributed by atoms with E-state index in [1.165, 1.54) is 6.20 Å². The van der Waals surface area contributed by atoms with Gasteiger partial charge in [0.25, 0.3) is 5.91 Å². The third-order valence-electron chi connectivity index (χ3n) is 3.31. The first-order chi connectivity index (χ1) is 12.8. The molecule has 0 aliphatic rings. The molecule has 2 aromatic rings. The van der Waals surface area contributed by atoms with E-state index in [1.807, 2.05) is 13.8 Å². The van der Waals surface area contributed by atoms with E-state index in [1.54, 1.807) is 30.3 Å². The summed E-state index contributed by atoms with van der Waals surface area (Å²) < 4.78 is 0. The molecule has 4 N–H and O–H groups in total. The number of aromatic nitrogens is 1. The summed E-state index contributed by atoms with van der Waals surface area (Å²) in [6, 6.07) is 7.99. The van der Waals surface area contributed by atoms with Crippen LogP contribution in [-0.2, 0) is 0 Å². The summed E-state index contributed by atoms with van der Waals surface area (Å²) in [7, 11) is 0. The van der Waals surface area contributed by atoms with Crippen molar-refractivity contribution in [2.75, 3.05) is 23.7 Å². The number of amides is 3. The number of benzene rings is 1. The number of urea groups is 1. The molecule has 0 saturated heterocycles. The fourth-order valence-corrected chi connectivity index (χ4v) is 2.62. The lowest BCUT2D eigenvalue weighted by Gasteiger charge is -2.11. The average molecular weight is 410 g/mol. The van der Waals surface area contributed by atoms with E-state index in [0.717, 1.165) is 0 Å². The van der Waals surface area contributed by atoms with Crippen LogP contribution in [0.4, 0.5) is 16.3 Å². The Morgan fingerprint density at radius 2 is 1.93 bits per heavy atom. The van der Waals surface area contributed by atoms with Gasteiger partial charge in [-0.1, -0.05) is 29.3 Å². The Labute approximate surface area is 167 Å². The number of nitrogens with zero attached hydrogens (tertiary/aromatic N) is 1. The standard InChI is InChI=1S/C18H21Cl2N5O2/c1-11(2)24-18(27)25-14-5-3-4-12(8-14)17(26)22-7-6-21-16-15(20)9-13(19)10-23-16/h3-5,8-11H,6-7H2,1-2H3,(H,21,23)(H,22,26)(H2,24,25,27). The molecule has 144 valence electrons. The van der Waals surface area contributed by atoms with Crippen LogP contribution in [0.25, 0.3) is 0 Å². The monoisotopic (exact) mass is 409 g/mol. The van der Waals surface area contributed by atoms with Gasteiger partial charge in [0, 0.05) is 36.6 Å². The smallest absolute Gasteiger partial charge is 0.319 e. The molecule has 1 aromatic carbocycles. The zero-order chi connectivity index (χ0) is 19.8. The minimum atomic E-state index is -0.320. The van der Waals surface area contributed by atoms with E-state index < -0.39 is 0 Å². The van der Waals surface area contributed by atoms with Gasteiger partial charge in [0.05, 0.1) is 10.0 Å². The molecule has 0 fully saturated rings. The van der Waals surface area contributed by atoms with Crippen molar-refractivity contribution in [3.8, 4) is 0 Å². The highest BCUT2D eigenvalue weighted by Crippen LogP contribution is 2.22. The maximum atomic E-state index is 12.3. The Balaban J connectivity index is 1.83. The molecule has 0 spiro atoms. The largest absolute Gasteiger partial charge is 0.367 e. The minimum absolute atomic E-state index is 0.0209. The second-order valence-corrected chi connectivity index (χ2v) is 6.84. The Bertz CT molecular complexity index is 814. The number of hydrogen-bond acceptors (Lipinski definition) is 4. The first-order valence-corrected chi connectivity index (χ1v) is 9.11. The molecular formula is C18H21Cl2N5O2. The van der Waals surface area contributed by atoms with Crippen LogP contribution in [0.2, 0.25) is 10.0 Å². The van der Waals surface area contributed by atoms with Crippen LogP contribution in [-0.4, -0.2) is 36.1 Å². The predicted octanol–water partition coefficient (Wildman–Crippen LogP) is 3.76. The Hall–Kier alpha value is -2.51. The highest BCUT2D eigenvalue weighted by Gasteiger charge is 2.08. The molecule has 9 heteroatoms. The van der Waals surface area contributed by atoms with Gasteiger partial charge in [-0.05, 0) is 38.1 Å². The molecule has 0 radical (unpaired) electrons. The van der Waals surface area contributed by atoms with Gasteiger partial charge in [-0.2, -0.15) is 0 Å². The first kappa shape index (κ1) is 20.8. The molecule has 0 unspecified atom stereocenters. The summed E-state index contributed by atoms with van der Waals surface area (Å²) in [4.78, 5) is 28.1. The number of rotatable bonds is 7. The van der Waals surface area contributed by atoms with Gasteiger partial charge in [-0.3, -0.25) is 4.79 Å². The summed E-state index contributed by atoms with van der Waals surface area (Å²) in [5.41, 5.74) is 0.982. The molecule has 3 amide bonds. The van der Waals surface area contributed by atoms with Crippen molar-refractivity contribution in [2.45, 2.75) is 19.9 Å². The highest BCUT2D eigenvalue weighted by atomic mass is 35.5. The van der Waals surface area contributed by atoms with Crippen LogP contribution >= 0.6 is 23.2 Å². The third-order valence-corrected chi connectivity index (χ3v) is 3.81. The number of carbonyl (C=O) groups is 2. The second kappa shape index (κ2) is 9.99. The maximum absolute atomic E-state index is 12.3. The molecule has 0 saturated carbocycles. The molecule has 0 atom stereocenters. The van der Waals surface area contributed by atoms with Crippen LogP contribution in [0.15, 0.2) is 36.5 Å². The molecule has 1 heterocycles. The van der Waals surface area contributed by atoms with Crippen LogP contribution < -0.4 is 21.3 Å². The van der Waals surface area contributed by atoms with Crippen LogP contribution in [0, 0.1) is 0 Å². The molecule has 7 nitrogen and oxygen atoms in total. The first-order valence-electron chi connectivity index (χ1n) is 8.36. The Morgan fingerprint density at radius 3 is 2.63 bits per heavy atom. The highest BCUT2D eigenvalue weighted by molar-refractivity contribution is 6.35. The van der Waals surface area contributed by atoms with E-state index in [-0.39, 0.29) is 18.0 Å². The van der Waals surface area contributed by atoms with Crippen LogP contribution in [0.3, 0.4) is 0 Å². The molecule has 2 rings (SSSR count). The fraction of sp³-hybridized carbons (Fsp3) is 0.278. The van der Waals surface area contributed by atoms with Gasteiger partial charge >= 0.3 is 6.03 Å². The number of nitrogens with one attached hydrogen (secondary N) is 4. The summed E-state index contributed by atoms with van der Waals surface area (Å²) in [5.74, 6) is 0.248. The zero-order valence-corrected chi connectivity index (χ0v) is 16.5. The van der Waals surface area contributed by atoms with Crippen molar-refractivity contribution in [3.05, 3.63) is 52.1 Å². The topological polar surface area (TPSA) is 95.2 Å². The zero-order valence-electron chi connectivity index (χ0n) is 15.0. The number of pyridine rings is 1. The van der Waals surface area contributed by atoms with Gasteiger partial charge < -0.3 is 21.3 Å². The van der Waals surface area contributed by atoms with Gasteiger partial charge in [0.2, 0.25) is 0 Å². The number of carbonyl (C=O) groups excluding carboxylic acids is 2. The average Bonchev–Trinajstić information content (AvgIpc) is 2.59. The quantitative estimate of drug-likeness (QED) is 0.523. The van der Waals surface area contributed by atoms with Crippen molar-refractivity contribution in [1.82, 2.24) is 15.6 Å². The Kier molecular flexibility index (Phi) is 7.69. The predicted molar refractivity (Wildman–Crippen MR) is 109 cm³/mol. The lowest BCUT2D eigenvalue weighted by Crippen LogP contribution is -2.34. The molecule has 0 aliphatic carbocycles. The molecule has 1 aromatic heterocycles. The lowest BCUT2D eigenvalue weighted by atomic mass is 10.2. The van der Waals surface area contributed by atoms with Gasteiger partial charge in [0.15, 0.2) is 0 Å². The number of anilines is 2. The van der Waals surface area contributed by atoms with E-state index in [0.29, 0.717) is 40.2 Å². The SMILES string of the molecule is CC(C)NC(=O)Nc1cccc(C(=O)NCCNc2ncc(Cl)cc2Cl)c1. The molecular weight excluding hydrogens is 389 g/mol. The van der Waals surface area contributed by atoms with Gasteiger partial charge in [-0.15, -0.1) is 0 Å². The van der Waals surface area contributed by atoms with Gasteiger partial charge in [0.1, 0.15) is 5.82 Å². The minimum Gasteiger partial charge on any atom is -0.367 e. The number of hydrogen-bond donors (Lipinski definition) is 4. The lowest BCUT2D eigenvalue weighted by molar-refractivity contribution is 0.0955. The van der Waals surface area contributed by atoms with E-state index in [4.69, 9.17) is 23.2 Å². The van der Waals surface area contributed by atoms with Crippen molar-refractivity contribution in [2.24, 2.45) is 0 Å². The van der Waals surface area contributed by atoms with Crippen molar-refractivity contribution in [1.29, 1.82) is 0 Å². The van der Waals surface area contributed by atoms with E-state index in [2.05, 4.69) is 26.3 Å². The molecule has 0 bridgehead atoms. The second-order valence-electron chi connectivity index (χ2n) is 6.00. The maximum Gasteiger partial charge on any atom is 0.319 e. The van der Waals surface area contributed by atoms with E-state index >= 15 is 0 Å². The Morgan fingerprint density at radius 1 is 1.15 bits per heavy atom. The summed E-state index contributed by atoms with van der Waals surface area (Å²) in [5, 5.41) is 12.1. The fourth-order valence-electron chi connectivity index (χ4n) is 2.17.